The quantitative estimate of drug-likeness (QED) is 0.938. The summed E-state index contributed by atoms with van der Waals surface area (Å²) in [7, 11) is -3.41. The molecule has 0 saturated heterocycles. The fraction of sp³-hybridized carbons (Fsp3) is 0.214. The monoisotopic (exact) mass is 311 g/mol. The molecule has 1 atom stereocenters. The molecule has 0 aliphatic heterocycles. The summed E-state index contributed by atoms with van der Waals surface area (Å²) in [6, 6.07) is 11.4. The fourth-order valence-electron chi connectivity index (χ4n) is 2.02. The number of rotatable bonds is 4. The van der Waals surface area contributed by atoms with Gasteiger partial charge in [0.15, 0.2) is 9.84 Å². The van der Waals surface area contributed by atoms with Crippen molar-refractivity contribution >= 4 is 21.4 Å². The van der Waals surface area contributed by atoms with E-state index in [1.807, 2.05) is 0 Å². The van der Waals surface area contributed by atoms with Crippen molar-refractivity contribution in [2.75, 3.05) is 12.0 Å². The van der Waals surface area contributed by atoms with Crippen molar-refractivity contribution in [3.05, 3.63) is 64.9 Å². The Morgan fingerprint density at radius 1 is 1.20 bits per heavy atom. The third-order valence-corrected chi connectivity index (χ3v) is 4.08. The van der Waals surface area contributed by atoms with E-state index in [1.165, 1.54) is 6.20 Å². The summed E-state index contributed by atoms with van der Waals surface area (Å²) >= 11 is 5.83. The van der Waals surface area contributed by atoms with E-state index in [2.05, 4.69) is 4.98 Å². The third kappa shape index (κ3) is 3.36. The molecule has 1 aromatic heterocycles. The normalized spacial score (nSPS) is 14.8. The van der Waals surface area contributed by atoms with E-state index in [-0.39, 0.29) is 5.69 Å². The molecule has 4 nitrogen and oxygen atoms in total. The van der Waals surface area contributed by atoms with E-state index in [0.717, 1.165) is 6.26 Å². The molecule has 0 amide bonds. The lowest BCUT2D eigenvalue weighted by Crippen LogP contribution is -2.36. The van der Waals surface area contributed by atoms with Crippen LogP contribution < -0.4 is 0 Å². The first-order valence-corrected chi connectivity index (χ1v) is 8.33. The lowest BCUT2D eigenvalue weighted by atomic mass is 9.92. The molecule has 0 radical (unpaired) electrons. The molecular formula is C14H14ClNO3S. The van der Waals surface area contributed by atoms with Crippen molar-refractivity contribution in [2.45, 2.75) is 5.60 Å². The Kier molecular flexibility index (Phi) is 4.13. The number of benzene rings is 1. The Morgan fingerprint density at radius 3 is 2.35 bits per heavy atom. The maximum Gasteiger partial charge on any atom is 0.151 e. The molecule has 1 unspecified atom stereocenters. The van der Waals surface area contributed by atoms with Crippen molar-refractivity contribution in [3.8, 4) is 0 Å². The number of halogens is 1. The van der Waals surface area contributed by atoms with Gasteiger partial charge in [0.05, 0.1) is 11.4 Å². The van der Waals surface area contributed by atoms with Crippen LogP contribution in [-0.4, -0.2) is 30.5 Å². The largest absolute Gasteiger partial charge is 0.378 e. The molecule has 0 bridgehead atoms. The van der Waals surface area contributed by atoms with Gasteiger partial charge >= 0.3 is 0 Å². The number of pyridine rings is 1. The molecular weight excluding hydrogens is 298 g/mol. The summed E-state index contributed by atoms with van der Waals surface area (Å²) in [6.07, 6.45) is 2.59. The van der Waals surface area contributed by atoms with Crippen molar-refractivity contribution in [1.29, 1.82) is 0 Å². The Bertz CT molecular complexity index is 686. The molecule has 1 heterocycles. The number of aliphatic hydroxyl groups is 1. The van der Waals surface area contributed by atoms with E-state index >= 15 is 0 Å². The highest BCUT2D eigenvalue weighted by atomic mass is 35.5. The van der Waals surface area contributed by atoms with E-state index in [9.17, 15) is 13.5 Å². The summed E-state index contributed by atoms with van der Waals surface area (Å²) in [4.78, 5) is 4.09. The Balaban J connectivity index is 2.58. The molecule has 20 heavy (non-hydrogen) atoms. The SMILES string of the molecule is CS(=O)(=O)CC(O)(c1ccc(Cl)cc1)c1ccccn1. The zero-order valence-electron chi connectivity index (χ0n) is 10.8. The molecule has 0 aliphatic carbocycles. The predicted octanol–water partition coefficient (Wildman–Crippen LogP) is 2.02. The average Bonchev–Trinajstić information content (AvgIpc) is 2.38. The second kappa shape index (κ2) is 5.52. The molecule has 0 aliphatic rings. The average molecular weight is 312 g/mol. The maximum atomic E-state index is 11.6. The van der Waals surface area contributed by atoms with Crippen LogP contribution in [0.15, 0.2) is 48.7 Å². The van der Waals surface area contributed by atoms with Crippen LogP contribution in [0.5, 0.6) is 0 Å². The van der Waals surface area contributed by atoms with E-state index in [1.54, 1.807) is 42.5 Å². The van der Waals surface area contributed by atoms with Gasteiger partial charge in [0.2, 0.25) is 0 Å². The van der Waals surface area contributed by atoms with Gasteiger partial charge in [-0.2, -0.15) is 0 Å². The smallest absolute Gasteiger partial charge is 0.151 e. The second-order valence-corrected chi connectivity index (χ2v) is 7.23. The molecule has 0 fully saturated rings. The van der Waals surface area contributed by atoms with Crippen LogP contribution in [0.1, 0.15) is 11.3 Å². The summed E-state index contributed by atoms with van der Waals surface area (Å²) < 4.78 is 23.3. The van der Waals surface area contributed by atoms with Crippen molar-refractivity contribution in [1.82, 2.24) is 4.98 Å². The number of nitrogens with zero attached hydrogens (tertiary/aromatic N) is 1. The highest BCUT2D eigenvalue weighted by molar-refractivity contribution is 7.90. The number of hydrogen-bond donors (Lipinski definition) is 1. The van der Waals surface area contributed by atoms with E-state index in [0.29, 0.717) is 10.6 Å². The predicted molar refractivity (Wildman–Crippen MR) is 78.4 cm³/mol. The van der Waals surface area contributed by atoms with Gasteiger partial charge in [0, 0.05) is 17.5 Å². The lowest BCUT2D eigenvalue weighted by molar-refractivity contribution is 0.101. The van der Waals surface area contributed by atoms with Crippen LogP contribution in [0.4, 0.5) is 0 Å². The van der Waals surface area contributed by atoms with E-state index in [4.69, 9.17) is 11.6 Å². The highest BCUT2D eigenvalue weighted by Gasteiger charge is 2.36. The number of hydrogen-bond acceptors (Lipinski definition) is 4. The summed E-state index contributed by atoms with van der Waals surface area (Å²) in [6.45, 7) is 0. The first kappa shape index (κ1) is 15.0. The second-order valence-electron chi connectivity index (χ2n) is 4.65. The molecule has 0 saturated carbocycles. The van der Waals surface area contributed by atoms with Crippen LogP contribution in [0.2, 0.25) is 5.02 Å². The van der Waals surface area contributed by atoms with Crippen LogP contribution in [0.3, 0.4) is 0 Å². The van der Waals surface area contributed by atoms with Gasteiger partial charge < -0.3 is 5.11 Å². The van der Waals surface area contributed by atoms with Gasteiger partial charge in [-0.15, -0.1) is 0 Å². The highest BCUT2D eigenvalue weighted by Crippen LogP contribution is 2.30. The van der Waals surface area contributed by atoms with Crippen LogP contribution in [0, 0.1) is 0 Å². The number of sulfone groups is 1. The van der Waals surface area contributed by atoms with Crippen molar-refractivity contribution in [3.63, 3.8) is 0 Å². The van der Waals surface area contributed by atoms with Crippen molar-refractivity contribution in [2.24, 2.45) is 0 Å². The summed E-state index contributed by atoms with van der Waals surface area (Å²) in [5, 5.41) is 11.4. The van der Waals surface area contributed by atoms with Crippen molar-refractivity contribution < 1.29 is 13.5 Å². The van der Waals surface area contributed by atoms with Gasteiger partial charge in [0.25, 0.3) is 0 Å². The zero-order chi connectivity index (χ0) is 14.8. The number of aromatic nitrogens is 1. The van der Waals surface area contributed by atoms with Crippen LogP contribution >= 0.6 is 11.6 Å². The van der Waals surface area contributed by atoms with Gasteiger partial charge in [0.1, 0.15) is 5.60 Å². The van der Waals surface area contributed by atoms with Gasteiger partial charge in [-0.3, -0.25) is 4.98 Å². The summed E-state index contributed by atoms with van der Waals surface area (Å²) in [5.41, 5.74) is -0.974. The topological polar surface area (TPSA) is 67.3 Å². The Morgan fingerprint density at radius 2 is 1.85 bits per heavy atom. The maximum absolute atomic E-state index is 11.6. The van der Waals surface area contributed by atoms with Crippen LogP contribution in [0.25, 0.3) is 0 Å². The zero-order valence-corrected chi connectivity index (χ0v) is 12.4. The van der Waals surface area contributed by atoms with E-state index < -0.39 is 21.2 Å². The van der Waals surface area contributed by atoms with Gasteiger partial charge in [-0.25, -0.2) is 8.42 Å². The first-order valence-electron chi connectivity index (χ1n) is 5.89. The lowest BCUT2D eigenvalue weighted by Gasteiger charge is -2.27. The Hall–Kier alpha value is -1.43. The molecule has 106 valence electrons. The molecule has 2 rings (SSSR count). The van der Waals surface area contributed by atoms with Gasteiger partial charge in [-0.05, 0) is 29.8 Å². The minimum Gasteiger partial charge on any atom is -0.378 e. The van der Waals surface area contributed by atoms with Crippen LogP contribution in [-0.2, 0) is 15.4 Å². The molecule has 6 heteroatoms. The first-order chi connectivity index (χ1) is 9.31. The molecule has 1 N–H and O–H groups in total. The third-order valence-electron chi connectivity index (χ3n) is 2.88. The molecule has 0 spiro atoms. The fourth-order valence-corrected chi connectivity index (χ4v) is 3.22. The molecule has 2 aromatic rings. The minimum atomic E-state index is -3.41. The summed E-state index contributed by atoms with van der Waals surface area (Å²) in [5.74, 6) is -0.446. The molecule has 1 aromatic carbocycles. The minimum absolute atomic E-state index is 0.285. The Labute approximate surface area is 123 Å². The standard InChI is InChI=1S/C14H14ClNO3S/c1-20(18,19)10-14(17,13-4-2-3-9-16-13)11-5-7-12(15)8-6-11/h2-9,17H,10H2,1H3. The van der Waals surface area contributed by atoms with Gasteiger partial charge in [-0.1, -0.05) is 29.8 Å².